The molecule has 0 fully saturated rings. The standard InChI is InChI=1S/C14H12BrFO2/c1-9-13(17)3-2-4-14(9)18-8-10-7-11(16)5-6-12(10)15/h2-7,17H,8H2,1H3. The summed E-state index contributed by atoms with van der Waals surface area (Å²) in [5.74, 6) is 0.474. The van der Waals surface area contributed by atoms with Crippen LogP contribution in [0.1, 0.15) is 11.1 Å². The third kappa shape index (κ3) is 2.82. The van der Waals surface area contributed by atoms with E-state index in [2.05, 4.69) is 15.9 Å². The van der Waals surface area contributed by atoms with Crippen molar-refractivity contribution in [2.24, 2.45) is 0 Å². The second kappa shape index (κ2) is 5.40. The second-order valence-electron chi connectivity index (χ2n) is 3.92. The van der Waals surface area contributed by atoms with Gasteiger partial charge in [-0.2, -0.15) is 0 Å². The zero-order valence-electron chi connectivity index (χ0n) is 9.78. The van der Waals surface area contributed by atoms with Gasteiger partial charge >= 0.3 is 0 Å². The van der Waals surface area contributed by atoms with Crippen LogP contribution in [0.2, 0.25) is 0 Å². The van der Waals surface area contributed by atoms with Crippen LogP contribution >= 0.6 is 15.9 Å². The summed E-state index contributed by atoms with van der Waals surface area (Å²) in [6.45, 7) is 2.01. The number of halogens is 2. The zero-order chi connectivity index (χ0) is 13.1. The smallest absolute Gasteiger partial charge is 0.126 e. The third-order valence-corrected chi connectivity index (χ3v) is 3.42. The number of hydrogen-bond donors (Lipinski definition) is 1. The molecule has 0 aliphatic heterocycles. The summed E-state index contributed by atoms with van der Waals surface area (Å²) < 4.78 is 19.5. The monoisotopic (exact) mass is 310 g/mol. The molecule has 0 aliphatic rings. The molecule has 0 amide bonds. The Morgan fingerprint density at radius 3 is 2.83 bits per heavy atom. The predicted molar refractivity (Wildman–Crippen MR) is 71.3 cm³/mol. The van der Waals surface area contributed by atoms with E-state index >= 15 is 0 Å². The molecule has 18 heavy (non-hydrogen) atoms. The van der Waals surface area contributed by atoms with Crippen molar-refractivity contribution < 1.29 is 14.2 Å². The minimum atomic E-state index is -0.301. The number of aromatic hydroxyl groups is 1. The van der Waals surface area contributed by atoms with Gasteiger partial charge in [0.05, 0.1) is 0 Å². The lowest BCUT2D eigenvalue weighted by Gasteiger charge is -2.11. The lowest BCUT2D eigenvalue weighted by atomic mass is 10.2. The molecule has 0 spiro atoms. The normalized spacial score (nSPS) is 10.4. The molecule has 2 aromatic rings. The van der Waals surface area contributed by atoms with Crippen molar-refractivity contribution in [3.63, 3.8) is 0 Å². The predicted octanol–water partition coefficient (Wildman–Crippen LogP) is 4.18. The first-order valence-electron chi connectivity index (χ1n) is 5.43. The van der Waals surface area contributed by atoms with Crippen LogP contribution in [-0.4, -0.2) is 5.11 Å². The summed E-state index contributed by atoms with van der Waals surface area (Å²) in [6.07, 6.45) is 0. The van der Waals surface area contributed by atoms with E-state index in [1.807, 2.05) is 0 Å². The fourth-order valence-electron chi connectivity index (χ4n) is 1.57. The van der Waals surface area contributed by atoms with Gasteiger partial charge in [-0.25, -0.2) is 4.39 Å². The van der Waals surface area contributed by atoms with Gasteiger partial charge in [0.25, 0.3) is 0 Å². The van der Waals surface area contributed by atoms with Gasteiger partial charge in [0, 0.05) is 15.6 Å². The number of phenolic OH excluding ortho intramolecular Hbond substituents is 1. The quantitative estimate of drug-likeness (QED) is 0.921. The van der Waals surface area contributed by atoms with Gasteiger partial charge in [-0.1, -0.05) is 22.0 Å². The zero-order valence-corrected chi connectivity index (χ0v) is 11.4. The Bertz CT molecular complexity index is 568. The maximum Gasteiger partial charge on any atom is 0.126 e. The van der Waals surface area contributed by atoms with E-state index in [1.54, 1.807) is 31.2 Å². The van der Waals surface area contributed by atoms with Crippen LogP contribution in [0.3, 0.4) is 0 Å². The maximum atomic E-state index is 13.1. The molecule has 0 aromatic heterocycles. The van der Waals surface area contributed by atoms with Crippen LogP contribution in [0, 0.1) is 12.7 Å². The number of phenols is 1. The van der Waals surface area contributed by atoms with Gasteiger partial charge in [0.15, 0.2) is 0 Å². The fraction of sp³-hybridized carbons (Fsp3) is 0.143. The highest BCUT2D eigenvalue weighted by molar-refractivity contribution is 9.10. The van der Waals surface area contributed by atoms with Crippen LogP contribution in [0.15, 0.2) is 40.9 Å². The largest absolute Gasteiger partial charge is 0.508 e. The molecule has 94 valence electrons. The summed E-state index contributed by atoms with van der Waals surface area (Å²) in [4.78, 5) is 0. The minimum absolute atomic E-state index is 0.186. The number of ether oxygens (including phenoxy) is 1. The lowest BCUT2D eigenvalue weighted by molar-refractivity contribution is 0.300. The molecular formula is C14H12BrFO2. The van der Waals surface area contributed by atoms with E-state index in [-0.39, 0.29) is 18.2 Å². The van der Waals surface area contributed by atoms with Gasteiger partial charge in [-0.15, -0.1) is 0 Å². The molecule has 2 aromatic carbocycles. The van der Waals surface area contributed by atoms with Crippen LogP contribution in [0.4, 0.5) is 4.39 Å². The van der Waals surface area contributed by atoms with Crippen LogP contribution in [0.5, 0.6) is 11.5 Å². The Hall–Kier alpha value is -1.55. The Balaban J connectivity index is 2.16. The summed E-state index contributed by atoms with van der Waals surface area (Å²) in [7, 11) is 0. The highest BCUT2D eigenvalue weighted by Gasteiger charge is 2.06. The number of rotatable bonds is 3. The maximum absolute atomic E-state index is 13.1. The molecule has 0 saturated carbocycles. The van der Waals surface area contributed by atoms with Crippen LogP contribution in [0.25, 0.3) is 0 Å². The Morgan fingerprint density at radius 2 is 2.06 bits per heavy atom. The molecule has 0 bridgehead atoms. The van der Waals surface area contributed by atoms with Gasteiger partial charge in [-0.3, -0.25) is 0 Å². The van der Waals surface area contributed by atoms with Gasteiger partial charge in [0.2, 0.25) is 0 Å². The second-order valence-corrected chi connectivity index (χ2v) is 4.78. The van der Waals surface area contributed by atoms with E-state index in [9.17, 15) is 9.50 Å². The first-order chi connectivity index (χ1) is 8.58. The van der Waals surface area contributed by atoms with Crippen molar-refractivity contribution in [2.45, 2.75) is 13.5 Å². The average Bonchev–Trinajstić information content (AvgIpc) is 2.35. The topological polar surface area (TPSA) is 29.5 Å². The van der Waals surface area contributed by atoms with Crippen molar-refractivity contribution in [1.29, 1.82) is 0 Å². The summed E-state index contributed by atoms with van der Waals surface area (Å²) in [5, 5.41) is 9.55. The van der Waals surface area contributed by atoms with E-state index in [4.69, 9.17) is 4.74 Å². The van der Waals surface area contributed by atoms with E-state index in [1.165, 1.54) is 12.1 Å². The Kier molecular flexibility index (Phi) is 3.87. The van der Waals surface area contributed by atoms with Gasteiger partial charge in [-0.05, 0) is 37.3 Å². The molecule has 0 aliphatic carbocycles. The first-order valence-corrected chi connectivity index (χ1v) is 6.22. The molecule has 1 N–H and O–H groups in total. The van der Waals surface area contributed by atoms with Crippen molar-refractivity contribution in [3.05, 3.63) is 57.8 Å². The molecule has 0 atom stereocenters. The van der Waals surface area contributed by atoms with Gasteiger partial charge in [0.1, 0.15) is 23.9 Å². The Morgan fingerprint density at radius 1 is 1.28 bits per heavy atom. The van der Waals surface area contributed by atoms with Gasteiger partial charge < -0.3 is 9.84 Å². The fourth-order valence-corrected chi connectivity index (χ4v) is 1.93. The molecule has 2 rings (SSSR count). The summed E-state index contributed by atoms with van der Waals surface area (Å²) in [5.41, 5.74) is 1.39. The van der Waals surface area contributed by atoms with Crippen molar-refractivity contribution in [2.75, 3.05) is 0 Å². The molecule has 0 saturated heterocycles. The van der Waals surface area contributed by atoms with Crippen molar-refractivity contribution in [3.8, 4) is 11.5 Å². The van der Waals surface area contributed by atoms with Crippen molar-refractivity contribution in [1.82, 2.24) is 0 Å². The molecule has 4 heteroatoms. The minimum Gasteiger partial charge on any atom is -0.508 e. The molecule has 0 unspecified atom stereocenters. The van der Waals surface area contributed by atoms with E-state index in [0.717, 1.165) is 10.0 Å². The van der Waals surface area contributed by atoms with Crippen molar-refractivity contribution >= 4 is 15.9 Å². The number of hydrogen-bond acceptors (Lipinski definition) is 2. The first kappa shape index (κ1) is 12.9. The average molecular weight is 311 g/mol. The SMILES string of the molecule is Cc1c(O)cccc1OCc1cc(F)ccc1Br. The highest BCUT2D eigenvalue weighted by Crippen LogP contribution is 2.27. The van der Waals surface area contributed by atoms with Crippen LogP contribution in [-0.2, 0) is 6.61 Å². The third-order valence-electron chi connectivity index (χ3n) is 2.65. The highest BCUT2D eigenvalue weighted by atomic mass is 79.9. The molecule has 2 nitrogen and oxygen atoms in total. The number of benzene rings is 2. The summed E-state index contributed by atoms with van der Waals surface area (Å²) >= 11 is 3.34. The molecule has 0 heterocycles. The van der Waals surface area contributed by atoms with Crippen LogP contribution < -0.4 is 4.74 Å². The van der Waals surface area contributed by atoms with E-state index < -0.39 is 0 Å². The van der Waals surface area contributed by atoms with E-state index in [0.29, 0.717) is 11.3 Å². The molecular weight excluding hydrogens is 299 g/mol. The lowest BCUT2D eigenvalue weighted by Crippen LogP contribution is -1.98. The Labute approximate surface area is 113 Å². The summed E-state index contributed by atoms with van der Waals surface area (Å²) in [6, 6.07) is 9.51. The molecule has 0 radical (unpaired) electrons.